The van der Waals surface area contributed by atoms with Crippen LogP contribution in [0.1, 0.15) is 18.6 Å². The molecule has 7 heteroatoms. The molecule has 2 fully saturated rings. The van der Waals surface area contributed by atoms with Crippen molar-refractivity contribution in [2.45, 2.75) is 31.4 Å². The van der Waals surface area contributed by atoms with E-state index < -0.39 is 0 Å². The fraction of sp³-hybridized carbons (Fsp3) is 0.714. The number of nitrogens with one attached hydrogen (secondary N) is 2. The van der Waals surface area contributed by atoms with Gasteiger partial charge in [-0.25, -0.2) is 0 Å². The Labute approximate surface area is 121 Å². The molecule has 1 aromatic heterocycles. The number of aromatic amines is 1. The largest absolute Gasteiger partial charge is 0.384 e. The third-order valence-electron chi connectivity index (χ3n) is 4.39. The van der Waals surface area contributed by atoms with Gasteiger partial charge in [0.2, 0.25) is 5.91 Å². The summed E-state index contributed by atoms with van der Waals surface area (Å²) in [6.45, 7) is 1.36. The molecule has 1 saturated carbocycles. The Hall–Kier alpha value is -1.60. The van der Waals surface area contributed by atoms with Gasteiger partial charge in [0.1, 0.15) is 5.76 Å². The topological polar surface area (TPSA) is 93.6 Å². The first-order valence-electron chi connectivity index (χ1n) is 7.26. The van der Waals surface area contributed by atoms with Crippen LogP contribution in [0, 0.1) is 11.8 Å². The molecule has 0 spiro atoms. The SMILES string of the molecule is COC[C@@H]1[C@@H](NC(=O)CCc2cc(=O)[nH]o2)[C@@H]2CCO[C@H]12. The fourth-order valence-electron chi connectivity index (χ4n) is 3.37. The summed E-state index contributed by atoms with van der Waals surface area (Å²) < 4.78 is 15.8. The highest BCUT2D eigenvalue weighted by Crippen LogP contribution is 2.43. The zero-order valence-electron chi connectivity index (χ0n) is 12.0. The molecule has 0 bridgehead atoms. The normalized spacial score (nSPS) is 30.7. The molecule has 1 amide bonds. The minimum absolute atomic E-state index is 0.0321. The number of hydrogen-bond donors (Lipinski definition) is 2. The van der Waals surface area contributed by atoms with Crippen molar-refractivity contribution in [3.05, 3.63) is 22.2 Å². The van der Waals surface area contributed by atoms with Gasteiger partial charge in [0, 0.05) is 50.5 Å². The number of aryl methyl sites for hydroxylation is 1. The van der Waals surface area contributed by atoms with Gasteiger partial charge in [-0.2, -0.15) is 5.16 Å². The van der Waals surface area contributed by atoms with E-state index in [1.807, 2.05) is 0 Å². The molecule has 7 nitrogen and oxygen atoms in total. The van der Waals surface area contributed by atoms with Crippen molar-refractivity contribution in [1.29, 1.82) is 0 Å². The lowest BCUT2D eigenvalue weighted by Gasteiger charge is -2.47. The number of carbonyl (C=O) groups excluding carboxylic acids is 1. The maximum atomic E-state index is 12.0. The molecule has 2 N–H and O–H groups in total. The second-order valence-electron chi connectivity index (χ2n) is 5.68. The monoisotopic (exact) mass is 296 g/mol. The van der Waals surface area contributed by atoms with E-state index >= 15 is 0 Å². The van der Waals surface area contributed by atoms with E-state index in [2.05, 4.69) is 10.5 Å². The zero-order chi connectivity index (χ0) is 14.8. The van der Waals surface area contributed by atoms with Crippen LogP contribution in [0.3, 0.4) is 0 Å². The summed E-state index contributed by atoms with van der Waals surface area (Å²) in [5, 5.41) is 5.29. The number of aromatic nitrogens is 1. The molecule has 1 saturated heterocycles. The Bertz CT molecular complexity index is 552. The van der Waals surface area contributed by atoms with Crippen LogP contribution in [0.5, 0.6) is 0 Å². The van der Waals surface area contributed by atoms with Crippen molar-refractivity contribution < 1.29 is 18.8 Å². The zero-order valence-corrected chi connectivity index (χ0v) is 12.0. The highest BCUT2D eigenvalue weighted by Gasteiger charge is 2.54. The van der Waals surface area contributed by atoms with Crippen molar-refractivity contribution >= 4 is 5.91 Å². The number of hydrogen-bond acceptors (Lipinski definition) is 5. The van der Waals surface area contributed by atoms with E-state index in [1.165, 1.54) is 6.07 Å². The summed E-state index contributed by atoms with van der Waals surface area (Å²) >= 11 is 0. The minimum atomic E-state index is -0.282. The van der Waals surface area contributed by atoms with Gasteiger partial charge in [-0.3, -0.25) is 9.59 Å². The maximum absolute atomic E-state index is 12.0. The van der Waals surface area contributed by atoms with Crippen LogP contribution in [-0.4, -0.2) is 43.5 Å². The molecule has 21 heavy (non-hydrogen) atoms. The van der Waals surface area contributed by atoms with Gasteiger partial charge in [0.05, 0.1) is 12.7 Å². The Morgan fingerprint density at radius 3 is 3.14 bits per heavy atom. The van der Waals surface area contributed by atoms with E-state index in [0.29, 0.717) is 31.1 Å². The van der Waals surface area contributed by atoms with Crippen LogP contribution in [0.2, 0.25) is 0 Å². The van der Waals surface area contributed by atoms with E-state index in [9.17, 15) is 9.59 Å². The molecule has 4 atom stereocenters. The van der Waals surface area contributed by atoms with E-state index in [-0.39, 0.29) is 29.5 Å². The molecular formula is C14H20N2O5. The summed E-state index contributed by atoms with van der Waals surface area (Å²) in [7, 11) is 1.66. The molecule has 1 aromatic rings. The number of amides is 1. The van der Waals surface area contributed by atoms with Crippen LogP contribution in [-0.2, 0) is 20.7 Å². The van der Waals surface area contributed by atoms with Crippen LogP contribution in [0.4, 0.5) is 0 Å². The second kappa shape index (κ2) is 6.03. The minimum Gasteiger partial charge on any atom is -0.384 e. The van der Waals surface area contributed by atoms with Gasteiger partial charge in [0.25, 0.3) is 5.56 Å². The summed E-state index contributed by atoms with van der Waals surface area (Å²) in [5.41, 5.74) is -0.282. The molecule has 2 aliphatic rings. The second-order valence-corrected chi connectivity index (χ2v) is 5.68. The Kier molecular flexibility index (Phi) is 4.12. The van der Waals surface area contributed by atoms with Gasteiger partial charge in [-0.1, -0.05) is 0 Å². The predicted octanol–water partition coefficient (Wildman–Crippen LogP) is 0.0666. The molecule has 0 radical (unpaired) electrons. The molecular weight excluding hydrogens is 276 g/mol. The average molecular weight is 296 g/mol. The van der Waals surface area contributed by atoms with Crippen LogP contribution >= 0.6 is 0 Å². The lowest BCUT2D eigenvalue weighted by atomic mass is 9.67. The molecule has 3 rings (SSSR count). The third-order valence-corrected chi connectivity index (χ3v) is 4.39. The molecule has 1 aliphatic carbocycles. The van der Waals surface area contributed by atoms with Crippen molar-refractivity contribution in [2.75, 3.05) is 20.3 Å². The first-order chi connectivity index (χ1) is 10.2. The number of carbonyl (C=O) groups is 1. The number of methoxy groups -OCH3 is 1. The summed E-state index contributed by atoms with van der Waals surface area (Å²) in [6.07, 6.45) is 1.92. The average Bonchev–Trinajstić information content (AvgIpc) is 3.07. The number of H-pyrrole nitrogens is 1. The van der Waals surface area contributed by atoms with E-state index in [4.69, 9.17) is 14.0 Å². The van der Waals surface area contributed by atoms with Crippen LogP contribution in [0.15, 0.2) is 15.4 Å². The molecule has 116 valence electrons. The number of fused-ring (bicyclic) bond motifs is 1. The van der Waals surface area contributed by atoms with Crippen molar-refractivity contribution in [3.63, 3.8) is 0 Å². The smallest absolute Gasteiger partial charge is 0.280 e. The number of rotatable bonds is 6. The lowest BCUT2D eigenvalue weighted by molar-refractivity contribution is -0.129. The van der Waals surface area contributed by atoms with Gasteiger partial charge in [-0.15, -0.1) is 0 Å². The molecule has 0 aromatic carbocycles. The third kappa shape index (κ3) is 2.89. The maximum Gasteiger partial charge on any atom is 0.280 e. The van der Waals surface area contributed by atoms with E-state index in [0.717, 1.165) is 13.0 Å². The predicted molar refractivity (Wildman–Crippen MR) is 72.8 cm³/mol. The first kappa shape index (κ1) is 14.3. The summed E-state index contributed by atoms with van der Waals surface area (Å²) in [5.74, 6) is 1.10. The van der Waals surface area contributed by atoms with Gasteiger partial charge in [0.15, 0.2) is 0 Å². The molecule has 1 aliphatic heterocycles. The van der Waals surface area contributed by atoms with Crippen molar-refractivity contribution in [1.82, 2.24) is 10.5 Å². The quantitative estimate of drug-likeness (QED) is 0.774. The molecule has 0 unspecified atom stereocenters. The van der Waals surface area contributed by atoms with Crippen LogP contribution < -0.4 is 10.9 Å². The van der Waals surface area contributed by atoms with Crippen molar-refractivity contribution in [3.8, 4) is 0 Å². The lowest BCUT2D eigenvalue weighted by Crippen LogP contribution is -2.62. The Morgan fingerprint density at radius 1 is 1.57 bits per heavy atom. The van der Waals surface area contributed by atoms with E-state index in [1.54, 1.807) is 7.11 Å². The molecule has 2 heterocycles. The highest BCUT2D eigenvalue weighted by atomic mass is 16.5. The standard InChI is InChI=1S/C14H20N2O5/c1-19-7-10-13(9-4-5-20-14(9)10)15-11(17)3-2-8-6-12(18)16-21-8/h6,9-10,13-14H,2-5,7H2,1H3,(H,15,17)(H,16,18)/t9-,10+,13-,14-/m0/s1. The fourth-order valence-corrected chi connectivity index (χ4v) is 3.37. The van der Waals surface area contributed by atoms with Gasteiger partial charge in [-0.05, 0) is 6.42 Å². The Balaban J connectivity index is 1.50. The summed E-state index contributed by atoms with van der Waals surface area (Å²) in [6, 6.07) is 1.49. The van der Waals surface area contributed by atoms with Gasteiger partial charge < -0.3 is 19.3 Å². The summed E-state index contributed by atoms with van der Waals surface area (Å²) in [4.78, 5) is 23.0. The van der Waals surface area contributed by atoms with Crippen LogP contribution in [0.25, 0.3) is 0 Å². The Morgan fingerprint density at radius 2 is 2.43 bits per heavy atom. The van der Waals surface area contributed by atoms with Gasteiger partial charge >= 0.3 is 0 Å². The highest BCUT2D eigenvalue weighted by molar-refractivity contribution is 5.76. The van der Waals surface area contributed by atoms with Crippen molar-refractivity contribution in [2.24, 2.45) is 11.8 Å². The first-order valence-corrected chi connectivity index (χ1v) is 7.26. The number of ether oxygens (including phenoxy) is 2.